The van der Waals surface area contributed by atoms with E-state index < -0.39 is 11.5 Å². The Kier molecular flexibility index (Phi) is 5.99. The van der Waals surface area contributed by atoms with Crippen LogP contribution in [-0.4, -0.2) is 65.0 Å². The highest BCUT2D eigenvalue weighted by atomic mass is 16.4. The number of amides is 3. The second kappa shape index (κ2) is 7.28. The number of carboxylic acids is 1. The van der Waals surface area contributed by atoms with Crippen LogP contribution in [0.4, 0.5) is 4.79 Å². The smallest absolute Gasteiger partial charge is 0.329 e. The molecule has 1 saturated heterocycles. The van der Waals surface area contributed by atoms with E-state index in [0.29, 0.717) is 38.8 Å². The van der Waals surface area contributed by atoms with Gasteiger partial charge in [0.25, 0.3) is 0 Å². The summed E-state index contributed by atoms with van der Waals surface area (Å²) < 4.78 is 0. The van der Waals surface area contributed by atoms with Crippen LogP contribution in [0.25, 0.3) is 0 Å². The molecule has 0 aromatic heterocycles. The molecule has 21 heavy (non-hydrogen) atoms. The predicted octanol–water partition coefficient (Wildman–Crippen LogP) is 0.894. The molecular formula is C14H25N3O4. The number of carbonyl (C=O) groups is 3. The summed E-state index contributed by atoms with van der Waals surface area (Å²) >= 11 is 0. The van der Waals surface area contributed by atoms with E-state index >= 15 is 0 Å². The van der Waals surface area contributed by atoms with Gasteiger partial charge in [-0.2, -0.15) is 0 Å². The van der Waals surface area contributed by atoms with Gasteiger partial charge in [0, 0.05) is 20.1 Å². The van der Waals surface area contributed by atoms with E-state index in [0.717, 1.165) is 0 Å². The molecule has 7 nitrogen and oxygen atoms in total. The fourth-order valence-electron chi connectivity index (χ4n) is 2.90. The molecule has 2 N–H and O–H groups in total. The van der Waals surface area contributed by atoms with Gasteiger partial charge < -0.3 is 20.2 Å². The highest BCUT2D eigenvalue weighted by Gasteiger charge is 2.50. The van der Waals surface area contributed by atoms with Gasteiger partial charge in [-0.1, -0.05) is 13.3 Å². The van der Waals surface area contributed by atoms with Crippen LogP contribution in [-0.2, 0) is 9.59 Å². The normalized spacial score (nSPS) is 21.2. The highest BCUT2D eigenvalue weighted by molar-refractivity contribution is 5.89. The summed E-state index contributed by atoms with van der Waals surface area (Å²) in [6.45, 7) is 4.43. The van der Waals surface area contributed by atoms with Crippen LogP contribution in [0.1, 0.15) is 39.5 Å². The van der Waals surface area contributed by atoms with Crippen LogP contribution in [0.15, 0.2) is 0 Å². The predicted molar refractivity (Wildman–Crippen MR) is 77.9 cm³/mol. The number of likely N-dealkylation sites (tertiary alicyclic amines) is 1. The molecule has 1 unspecified atom stereocenters. The Labute approximate surface area is 125 Å². The second-order valence-corrected chi connectivity index (χ2v) is 5.31. The SMILES string of the molecule is CCCC1(C(=O)O)CCCN1C(=O)N(CC)CC(=O)NC. The first kappa shape index (κ1) is 17.3. The third kappa shape index (κ3) is 3.46. The zero-order valence-electron chi connectivity index (χ0n) is 13.0. The van der Waals surface area contributed by atoms with Crippen molar-refractivity contribution >= 4 is 17.9 Å². The number of aliphatic carboxylic acids is 1. The Morgan fingerprint density at radius 2 is 2.00 bits per heavy atom. The Bertz CT molecular complexity index is 413. The first-order valence-corrected chi connectivity index (χ1v) is 7.43. The van der Waals surface area contributed by atoms with Crippen LogP contribution in [0.2, 0.25) is 0 Å². The number of nitrogens with zero attached hydrogens (tertiary/aromatic N) is 2. The number of urea groups is 1. The Morgan fingerprint density at radius 3 is 2.48 bits per heavy atom. The molecule has 0 spiro atoms. The van der Waals surface area contributed by atoms with Crippen molar-refractivity contribution in [1.29, 1.82) is 0 Å². The quantitative estimate of drug-likeness (QED) is 0.762. The Morgan fingerprint density at radius 1 is 1.33 bits per heavy atom. The van der Waals surface area contributed by atoms with Gasteiger partial charge in [0.1, 0.15) is 12.1 Å². The van der Waals surface area contributed by atoms with E-state index in [2.05, 4.69) is 5.32 Å². The number of rotatable bonds is 6. The van der Waals surface area contributed by atoms with E-state index in [1.807, 2.05) is 6.92 Å². The lowest BCUT2D eigenvalue weighted by Crippen LogP contribution is -2.57. The lowest BCUT2D eigenvalue weighted by Gasteiger charge is -2.37. The number of hydrogen-bond donors (Lipinski definition) is 2. The number of carbonyl (C=O) groups excluding carboxylic acids is 2. The molecule has 0 aromatic carbocycles. The summed E-state index contributed by atoms with van der Waals surface area (Å²) in [5.74, 6) is -1.22. The maximum absolute atomic E-state index is 12.6. The van der Waals surface area contributed by atoms with Gasteiger partial charge in [0.15, 0.2) is 0 Å². The zero-order valence-corrected chi connectivity index (χ0v) is 13.0. The topological polar surface area (TPSA) is 90.0 Å². The molecule has 1 heterocycles. The first-order chi connectivity index (χ1) is 9.92. The fraction of sp³-hybridized carbons (Fsp3) is 0.786. The average Bonchev–Trinajstić information content (AvgIpc) is 2.89. The second-order valence-electron chi connectivity index (χ2n) is 5.31. The van der Waals surface area contributed by atoms with Gasteiger partial charge in [-0.15, -0.1) is 0 Å². The molecule has 0 radical (unpaired) electrons. The largest absolute Gasteiger partial charge is 0.479 e. The van der Waals surface area contributed by atoms with Gasteiger partial charge in [-0.25, -0.2) is 9.59 Å². The molecule has 1 fully saturated rings. The standard InChI is InChI=1S/C14H25N3O4/c1-4-7-14(12(19)20)8-6-9-17(14)13(21)16(5-2)10-11(18)15-3/h4-10H2,1-3H3,(H,15,18)(H,19,20). The summed E-state index contributed by atoms with van der Waals surface area (Å²) in [4.78, 5) is 38.7. The van der Waals surface area contributed by atoms with E-state index in [9.17, 15) is 19.5 Å². The van der Waals surface area contributed by atoms with Crippen LogP contribution in [0, 0.1) is 0 Å². The van der Waals surface area contributed by atoms with E-state index in [4.69, 9.17) is 0 Å². The van der Waals surface area contributed by atoms with Gasteiger partial charge in [0.2, 0.25) is 5.91 Å². The molecule has 1 aliphatic heterocycles. The molecule has 1 rings (SSSR count). The molecule has 0 aromatic rings. The summed E-state index contributed by atoms with van der Waals surface area (Å²) in [7, 11) is 1.51. The van der Waals surface area contributed by atoms with Gasteiger partial charge in [0.05, 0.1) is 0 Å². The van der Waals surface area contributed by atoms with Crippen molar-refractivity contribution in [2.45, 2.75) is 45.1 Å². The minimum Gasteiger partial charge on any atom is -0.479 e. The minimum absolute atomic E-state index is 0.0514. The number of likely N-dealkylation sites (N-methyl/N-ethyl adjacent to an activating group) is 2. The molecule has 1 atom stereocenters. The third-order valence-corrected chi connectivity index (χ3v) is 4.05. The Balaban J connectivity index is 2.96. The van der Waals surface area contributed by atoms with Crippen molar-refractivity contribution in [1.82, 2.24) is 15.1 Å². The van der Waals surface area contributed by atoms with Crippen LogP contribution < -0.4 is 5.32 Å². The molecule has 0 saturated carbocycles. The van der Waals surface area contributed by atoms with Crippen LogP contribution in [0.3, 0.4) is 0 Å². The first-order valence-electron chi connectivity index (χ1n) is 7.43. The van der Waals surface area contributed by atoms with Crippen molar-refractivity contribution in [3.8, 4) is 0 Å². The summed E-state index contributed by atoms with van der Waals surface area (Å²) in [5.41, 5.74) is -1.12. The maximum Gasteiger partial charge on any atom is 0.329 e. The van der Waals surface area contributed by atoms with Gasteiger partial charge in [-0.3, -0.25) is 4.79 Å². The van der Waals surface area contributed by atoms with E-state index in [-0.39, 0.29) is 18.5 Å². The van der Waals surface area contributed by atoms with Crippen molar-refractivity contribution in [3.63, 3.8) is 0 Å². The number of carboxylic acid groups (broad SMARTS) is 1. The lowest BCUT2D eigenvalue weighted by molar-refractivity contribution is -0.148. The highest BCUT2D eigenvalue weighted by Crippen LogP contribution is 2.34. The third-order valence-electron chi connectivity index (χ3n) is 4.05. The van der Waals surface area contributed by atoms with E-state index in [1.165, 1.54) is 16.8 Å². The summed E-state index contributed by atoms with van der Waals surface area (Å²) in [6.07, 6.45) is 2.28. The van der Waals surface area contributed by atoms with Gasteiger partial charge in [-0.05, 0) is 26.2 Å². The van der Waals surface area contributed by atoms with Crippen LogP contribution in [0.5, 0.6) is 0 Å². The van der Waals surface area contributed by atoms with Crippen molar-refractivity contribution in [2.24, 2.45) is 0 Å². The Hall–Kier alpha value is -1.79. The summed E-state index contributed by atoms with van der Waals surface area (Å²) in [6, 6.07) is -0.366. The van der Waals surface area contributed by atoms with E-state index in [1.54, 1.807) is 6.92 Å². The lowest BCUT2D eigenvalue weighted by atomic mass is 9.91. The van der Waals surface area contributed by atoms with Crippen molar-refractivity contribution in [3.05, 3.63) is 0 Å². The number of nitrogens with one attached hydrogen (secondary N) is 1. The molecule has 120 valence electrons. The monoisotopic (exact) mass is 299 g/mol. The number of hydrogen-bond acceptors (Lipinski definition) is 3. The average molecular weight is 299 g/mol. The molecule has 1 aliphatic rings. The zero-order chi connectivity index (χ0) is 16.0. The molecule has 3 amide bonds. The molecule has 0 aliphatic carbocycles. The molecule has 0 bridgehead atoms. The molecule has 7 heteroatoms. The van der Waals surface area contributed by atoms with Crippen molar-refractivity contribution in [2.75, 3.05) is 26.7 Å². The van der Waals surface area contributed by atoms with Crippen LogP contribution >= 0.6 is 0 Å². The fourth-order valence-corrected chi connectivity index (χ4v) is 2.90. The van der Waals surface area contributed by atoms with Gasteiger partial charge >= 0.3 is 12.0 Å². The van der Waals surface area contributed by atoms with Crippen molar-refractivity contribution < 1.29 is 19.5 Å². The minimum atomic E-state index is -1.12. The summed E-state index contributed by atoms with van der Waals surface area (Å²) in [5, 5.41) is 12.1. The maximum atomic E-state index is 12.6. The molecular weight excluding hydrogens is 274 g/mol.